The molecule has 0 spiro atoms. The Bertz CT molecular complexity index is 1320. The molecular formula is C23H16F2N2O7. The Morgan fingerprint density at radius 1 is 0.706 bits per heavy atom. The SMILES string of the molecule is COc1cc(C(=O)Nc2cc(C(=O)O)ccc2F)ccc1C(=O)Nc1cc(C(=O)O)ccc1F. The third kappa shape index (κ3) is 5.15. The van der Waals surface area contributed by atoms with Gasteiger partial charge in [0, 0.05) is 5.56 Å². The van der Waals surface area contributed by atoms with E-state index in [0.717, 1.165) is 36.4 Å². The molecule has 0 aromatic heterocycles. The zero-order valence-corrected chi connectivity index (χ0v) is 17.4. The quantitative estimate of drug-likeness (QED) is 0.411. The van der Waals surface area contributed by atoms with Gasteiger partial charge in [0.15, 0.2) is 0 Å². The van der Waals surface area contributed by atoms with Crippen LogP contribution in [0.15, 0.2) is 54.6 Å². The van der Waals surface area contributed by atoms with Crippen LogP contribution in [-0.2, 0) is 0 Å². The first-order valence-electron chi connectivity index (χ1n) is 9.47. The molecule has 34 heavy (non-hydrogen) atoms. The molecule has 0 unspecified atom stereocenters. The predicted octanol–water partition coefficient (Wildman–Crippen LogP) is 3.87. The number of anilines is 2. The summed E-state index contributed by atoms with van der Waals surface area (Å²) < 4.78 is 33.1. The largest absolute Gasteiger partial charge is 0.496 e. The topological polar surface area (TPSA) is 142 Å². The van der Waals surface area contributed by atoms with E-state index in [1.165, 1.54) is 25.3 Å². The number of ether oxygens (including phenoxy) is 1. The maximum absolute atomic E-state index is 14.0. The van der Waals surface area contributed by atoms with Crippen molar-refractivity contribution in [1.29, 1.82) is 0 Å². The first-order chi connectivity index (χ1) is 16.1. The molecule has 174 valence electrons. The third-order valence-electron chi connectivity index (χ3n) is 4.63. The van der Waals surface area contributed by atoms with Gasteiger partial charge in [-0.3, -0.25) is 9.59 Å². The van der Waals surface area contributed by atoms with E-state index in [0.29, 0.717) is 0 Å². The number of amides is 2. The lowest BCUT2D eigenvalue weighted by Gasteiger charge is -2.13. The number of methoxy groups -OCH3 is 1. The summed E-state index contributed by atoms with van der Waals surface area (Å²) in [6.45, 7) is 0. The lowest BCUT2D eigenvalue weighted by molar-refractivity contribution is 0.0686. The van der Waals surface area contributed by atoms with E-state index < -0.39 is 35.4 Å². The average Bonchev–Trinajstić information content (AvgIpc) is 2.80. The molecule has 0 aliphatic carbocycles. The number of aromatic carboxylic acids is 2. The van der Waals surface area contributed by atoms with Crippen molar-refractivity contribution >= 4 is 35.1 Å². The molecule has 0 bridgehead atoms. The van der Waals surface area contributed by atoms with E-state index in [-0.39, 0.29) is 39.4 Å². The average molecular weight is 470 g/mol. The molecule has 3 aromatic rings. The van der Waals surface area contributed by atoms with Crippen LogP contribution in [0.4, 0.5) is 20.2 Å². The molecule has 2 amide bonds. The highest BCUT2D eigenvalue weighted by atomic mass is 19.1. The van der Waals surface area contributed by atoms with E-state index in [2.05, 4.69) is 10.6 Å². The number of hydrogen-bond acceptors (Lipinski definition) is 5. The molecule has 11 heteroatoms. The maximum atomic E-state index is 14.0. The lowest BCUT2D eigenvalue weighted by Crippen LogP contribution is -2.17. The lowest BCUT2D eigenvalue weighted by atomic mass is 10.1. The predicted molar refractivity (Wildman–Crippen MR) is 116 cm³/mol. The number of rotatable bonds is 7. The number of carbonyl (C=O) groups is 4. The van der Waals surface area contributed by atoms with Crippen molar-refractivity contribution in [2.24, 2.45) is 0 Å². The van der Waals surface area contributed by atoms with Crippen LogP contribution in [0.2, 0.25) is 0 Å². The zero-order chi connectivity index (χ0) is 25.0. The van der Waals surface area contributed by atoms with E-state index in [1.807, 2.05) is 0 Å². The highest BCUT2D eigenvalue weighted by molar-refractivity contribution is 6.09. The minimum atomic E-state index is -1.31. The summed E-state index contributed by atoms with van der Waals surface area (Å²) in [4.78, 5) is 47.3. The number of hydrogen-bond donors (Lipinski definition) is 4. The smallest absolute Gasteiger partial charge is 0.335 e. The van der Waals surface area contributed by atoms with Crippen molar-refractivity contribution in [2.45, 2.75) is 0 Å². The van der Waals surface area contributed by atoms with Crippen molar-refractivity contribution in [2.75, 3.05) is 17.7 Å². The van der Waals surface area contributed by atoms with E-state index >= 15 is 0 Å². The monoisotopic (exact) mass is 470 g/mol. The first kappa shape index (κ1) is 23.9. The van der Waals surface area contributed by atoms with Gasteiger partial charge in [0.25, 0.3) is 11.8 Å². The Hall–Kier alpha value is -4.80. The summed E-state index contributed by atoms with van der Waals surface area (Å²) in [6, 6.07) is 9.36. The third-order valence-corrected chi connectivity index (χ3v) is 4.63. The molecule has 3 rings (SSSR count). The van der Waals surface area contributed by atoms with Crippen molar-refractivity contribution in [1.82, 2.24) is 0 Å². The van der Waals surface area contributed by atoms with Gasteiger partial charge >= 0.3 is 11.9 Å². The minimum Gasteiger partial charge on any atom is -0.496 e. The van der Waals surface area contributed by atoms with Crippen molar-refractivity contribution < 1.29 is 42.9 Å². The fraction of sp³-hybridized carbons (Fsp3) is 0.0435. The van der Waals surface area contributed by atoms with Gasteiger partial charge in [-0.25, -0.2) is 18.4 Å². The molecule has 0 aliphatic heterocycles. The van der Waals surface area contributed by atoms with Crippen LogP contribution in [-0.4, -0.2) is 41.1 Å². The van der Waals surface area contributed by atoms with Crippen molar-refractivity contribution in [3.63, 3.8) is 0 Å². The van der Waals surface area contributed by atoms with Gasteiger partial charge in [-0.05, 0) is 54.6 Å². The standard InChI is InChI=1S/C23H16F2N2O7/c1-34-19-10-11(20(28)26-17-8-12(22(30)31)3-6-15(17)24)2-5-14(19)21(29)27-18-9-13(23(32)33)4-7-16(18)25/h2-10H,1H3,(H,26,28)(H,27,29)(H,30,31)(H,32,33). The Morgan fingerprint density at radius 3 is 1.65 bits per heavy atom. The summed E-state index contributed by atoms with van der Waals surface area (Å²) in [5, 5.41) is 22.6. The van der Waals surface area contributed by atoms with Crippen LogP contribution in [0.25, 0.3) is 0 Å². The fourth-order valence-electron chi connectivity index (χ4n) is 2.91. The summed E-state index contributed by atoms with van der Waals surface area (Å²) in [5.74, 6) is -6.07. The van der Waals surface area contributed by atoms with Gasteiger partial charge in [-0.15, -0.1) is 0 Å². The van der Waals surface area contributed by atoms with E-state index in [9.17, 15) is 28.0 Å². The van der Waals surface area contributed by atoms with Crippen LogP contribution in [0.3, 0.4) is 0 Å². The maximum Gasteiger partial charge on any atom is 0.335 e. The highest BCUT2D eigenvalue weighted by Crippen LogP contribution is 2.25. The Kier molecular flexibility index (Phi) is 6.86. The molecule has 0 saturated heterocycles. The highest BCUT2D eigenvalue weighted by Gasteiger charge is 2.19. The summed E-state index contributed by atoms with van der Waals surface area (Å²) in [5.41, 5.74) is -1.36. The number of carboxylic acids is 2. The van der Waals surface area contributed by atoms with Gasteiger partial charge in [-0.1, -0.05) is 0 Å². The van der Waals surface area contributed by atoms with Gasteiger partial charge in [0.05, 0.1) is 35.2 Å². The first-order valence-corrected chi connectivity index (χ1v) is 9.47. The van der Waals surface area contributed by atoms with Crippen molar-refractivity contribution in [3.05, 3.63) is 88.5 Å². The van der Waals surface area contributed by atoms with Crippen LogP contribution >= 0.6 is 0 Å². The zero-order valence-electron chi connectivity index (χ0n) is 17.4. The van der Waals surface area contributed by atoms with Crippen LogP contribution in [0, 0.1) is 11.6 Å². The Morgan fingerprint density at radius 2 is 1.18 bits per heavy atom. The second kappa shape index (κ2) is 9.77. The molecule has 4 N–H and O–H groups in total. The molecule has 0 saturated carbocycles. The fourth-order valence-corrected chi connectivity index (χ4v) is 2.91. The van der Waals surface area contributed by atoms with Gasteiger partial charge in [0.2, 0.25) is 0 Å². The number of nitrogens with one attached hydrogen (secondary N) is 2. The number of carbonyl (C=O) groups excluding carboxylic acids is 2. The molecule has 0 aliphatic rings. The summed E-state index contributed by atoms with van der Waals surface area (Å²) in [6.07, 6.45) is 0. The minimum absolute atomic E-state index is 0.0485. The number of carboxylic acid groups (broad SMARTS) is 2. The second-order valence-corrected chi connectivity index (χ2v) is 6.82. The summed E-state index contributed by atoms with van der Waals surface area (Å²) in [7, 11) is 1.22. The molecule has 0 atom stereocenters. The molecule has 3 aromatic carbocycles. The van der Waals surface area contributed by atoms with Crippen LogP contribution in [0.5, 0.6) is 5.75 Å². The molecule has 0 radical (unpaired) electrons. The normalized spacial score (nSPS) is 10.3. The molecule has 9 nitrogen and oxygen atoms in total. The Balaban J connectivity index is 1.85. The molecular weight excluding hydrogens is 454 g/mol. The van der Waals surface area contributed by atoms with Crippen molar-refractivity contribution in [3.8, 4) is 5.75 Å². The van der Waals surface area contributed by atoms with Gasteiger partial charge < -0.3 is 25.6 Å². The Labute approximate surface area is 190 Å². The van der Waals surface area contributed by atoms with Crippen LogP contribution < -0.4 is 15.4 Å². The second-order valence-electron chi connectivity index (χ2n) is 6.82. The molecule has 0 heterocycles. The van der Waals surface area contributed by atoms with Gasteiger partial charge in [-0.2, -0.15) is 0 Å². The van der Waals surface area contributed by atoms with Gasteiger partial charge in [0.1, 0.15) is 17.4 Å². The van der Waals surface area contributed by atoms with Crippen LogP contribution in [0.1, 0.15) is 41.4 Å². The summed E-state index contributed by atoms with van der Waals surface area (Å²) >= 11 is 0. The number of benzene rings is 3. The van der Waals surface area contributed by atoms with E-state index in [4.69, 9.17) is 14.9 Å². The molecule has 0 fully saturated rings. The number of halogens is 2. The van der Waals surface area contributed by atoms with E-state index in [1.54, 1.807) is 0 Å².